The molecule has 0 saturated carbocycles. The zero-order valence-electron chi connectivity index (χ0n) is 12.2. The van der Waals surface area contributed by atoms with Crippen LogP contribution in [0.5, 0.6) is 0 Å². The van der Waals surface area contributed by atoms with Crippen molar-refractivity contribution in [3.63, 3.8) is 0 Å². The van der Waals surface area contributed by atoms with Crippen LogP contribution in [0.25, 0.3) is 0 Å². The van der Waals surface area contributed by atoms with Crippen LogP contribution in [0.1, 0.15) is 40.0 Å². The number of rotatable bonds is 2. The molecule has 2 saturated heterocycles. The van der Waals surface area contributed by atoms with Gasteiger partial charge in [0, 0.05) is 13.1 Å². The molecule has 108 valence electrons. The minimum absolute atomic E-state index is 0.0488. The summed E-state index contributed by atoms with van der Waals surface area (Å²) in [5, 5.41) is 6.16. The van der Waals surface area contributed by atoms with Crippen molar-refractivity contribution in [1.82, 2.24) is 15.5 Å². The fourth-order valence-corrected chi connectivity index (χ4v) is 3.17. The maximum atomic E-state index is 13.0. The fourth-order valence-electron chi connectivity index (χ4n) is 3.17. The van der Waals surface area contributed by atoms with E-state index >= 15 is 0 Å². The number of nitrogens with one attached hydrogen (secondary N) is 2. The number of piperidine rings is 1. The van der Waals surface area contributed by atoms with Crippen LogP contribution in [0.15, 0.2) is 0 Å². The van der Waals surface area contributed by atoms with Gasteiger partial charge in [0.2, 0.25) is 11.8 Å². The summed E-state index contributed by atoms with van der Waals surface area (Å²) in [5.74, 6) is 0.114. The van der Waals surface area contributed by atoms with Gasteiger partial charge in [0.05, 0.1) is 5.41 Å². The molecule has 5 heteroatoms. The molecular formula is C14H25N3O2. The second kappa shape index (κ2) is 5.12. The van der Waals surface area contributed by atoms with Crippen molar-refractivity contribution in [1.29, 1.82) is 0 Å². The largest absolute Gasteiger partial charge is 0.352 e. The summed E-state index contributed by atoms with van der Waals surface area (Å²) in [6, 6.07) is 0. The van der Waals surface area contributed by atoms with Gasteiger partial charge in [-0.15, -0.1) is 0 Å². The SMILES string of the molecule is CCC1(C(=O)N2CCNC(=O)C2(C)C)CCNCC1. The van der Waals surface area contributed by atoms with E-state index in [0.717, 1.165) is 32.4 Å². The van der Waals surface area contributed by atoms with E-state index in [1.807, 2.05) is 13.8 Å². The Bertz CT molecular complexity index is 373. The lowest BCUT2D eigenvalue weighted by Crippen LogP contribution is -2.66. The van der Waals surface area contributed by atoms with Crippen LogP contribution in [-0.2, 0) is 9.59 Å². The Morgan fingerprint density at radius 2 is 1.89 bits per heavy atom. The van der Waals surface area contributed by atoms with Crippen LogP contribution in [0, 0.1) is 5.41 Å². The second-order valence-corrected chi connectivity index (χ2v) is 6.16. The molecule has 2 aliphatic rings. The van der Waals surface area contributed by atoms with Gasteiger partial charge in [0.1, 0.15) is 5.54 Å². The molecule has 2 amide bonds. The van der Waals surface area contributed by atoms with Crippen molar-refractivity contribution in [3.8, 4) is 0 Å². The van der Waals surface area contributed by atoms with Gasteiger partial charge < -0.3 is 15.5 Å². The molecule has 0 aromatic carbocycles. The summed E-state index contributed by atoms with van der Waals surface area (Å²) in [6.07, 6.45) is 2.59. The lowest BCUT2D eigenvalue weighted by molar-refractivity contribution is -0.158. The van der Waals surface area contributed by atoms with Gasteiger partial charge in [-0.1, -0.05) is 6.92 Å². The molecule has 0 bridgehead atoms. The van der Waals surface area contributed by atoms with E-state index in [2.05, 4.69) is 17.6 Å². The molecule has 2 N–H and O–H groups in total. The Hall–Kier alpha value is -1.10. The van der Waals surface area contributed by atoms with Crippen molar-refractivity contribution in [2.24, 2.45) is 5.41 Å². The maximum Gasteiger partial charge on any atom is 0.245 e. The van der Waals surface area contributed by atoms with Gasteiger partial charge in [-0.05, 0) is 46.2 Å². The van der Waals surface area contributed by atoms with Crippen molar-refractivity contribution in [3.05, 3.63) is 0 Å². The number of nitrogens with zero attached hydrogens (tertiary/aromatic N) is 1. The molecule has 2 heterocycles. The van der Waals surface area contributed by atoms with E-state index in [9.17, 15) is 9.59 Å². The van der Waals surface area contributed by atoms with Gasteiger partial charge in [-0.3, -0.25) is 9.59 Å². The first-order valence-corrected chi connectivity index (χ1v) is 7.25. The van der Waals surface area contributed by atoms with E-state index in [4.69, 9.17) is 0 Å². The normalized spacial score (nSPS) is 25.8. The third-order valence-corrected chi connectivity index (χ3v) is 4.79. The second-order valence-electron chi connectivity index (χ2n) is 6.16. The predicted molar refractivity (Wildman–Crippen MR) is 73.6 cm³/mol. The molecular weight excluding hydrogens is 242 g/mol. The first-order valence-electron chi connectivity index (χ1n) is 7.25. The summed E-state index contributed by atoms with van der Waals surface area (Å²) in [4.78, 5) is 26.8. The molecule has 0 aliphatic carbocycles. The zero-order valence-corrected chi connectivity index (χ0v) is 12.2. The molecule has 5 nitrogen and oxygen atoms in total. The highest BCUT2D eigenvalue weighted by Crippen LogP contribution is 2.37. The number of carbonyl (C=O) groups is 2. The smallest absolute Gasteiger partial charge is 0.245 e. The molecule has 0 aromatic rings. The van der Waals surface area contributed by atoms with E-state index in [0.29, 0.717) is 13.1 Å². The molecule has 0 aromatic heterocycles. The number of hydrogen-bond donors (Lipinski definition) is 2. The number of carbonyl (C=O) groups excluding carboxylic acids is 2. The first-order chi connectivity index (χ1) is 8.94. The van der Waals surface area contributed by atoms with Gasteiger partial charge >= 0.3 is 0 Å². The Balaban J connectivity index is 2.24. The van der Waals surface area contributed by atoms with Crippen molar-refractivity contribution >= 4 is 11.8 Å². The van der Waals surface area contributed by atoms with Crippen LogP contribution >= 0.6 is 0 Å². The molecule has 0 atom stereocenters. The van der Waals surface area contributed by atoms with Crippen LogP contribution in [0.4, 0.5) is 0 Å². The first kappa shape index (κ1) is 14.3. The van der Waals surface area contributed by atoms with E-state index in [-0.39, 0.29) is 17.2 Å². The van der Waals surface area contributed by atoms with Crippen LogP contribution in [0.3, 0.4) is 0 Å². The third kappa shape index (κ3) is 2.36. The third-order valence-electron chi connectivity index (χ3n) is 4.79. The molecule has 2 fully saturated rings. The lowest BCUT2D eigenvalue weighted by atomic mass is 9.74. The maximum absolute atomic E-state index is 13.0. The van der Waals surface area contributed by atoms with Crippen LogP contribution in [-0.4, -0.2) is 48.4 Å². The highest BCUT2D eigenvalue weighted by atomic mass is 16.2. The average molecular weight is 267 g/mol. The average Bonchev–Trinajstić information content (AvgIpc) is 2.42. The summed E-state index contributed by atoms with van der Waals surface area (Å²) in [6.45, 7) is 8.72. The molecule has 19 heavy (non-hydrogen) atoms. The molecule has 0 spiro atoms. The summed E-state index contributed by atoms with van der Waals surface area (Å²) in [7, 11) is 0. The fraction of sp³-hybridized carbons (Fsp3) is 0.857. The molecule has 0 radical (unpaired) electrons. The highest BCUT2D eigenvalue weighted by molar-refractivity contribution is 5.93. The summed E-state index contributed by atoms with van der Waals surface area (Å²) in [5.41, 5.74) is -1.01. The Kier molecular flexibility index (Phi) is 3.85. The standard InChI is InChI=1S/C14H25N3O2/c1-4-14(5-7-15-8-6-14)12(19)17-10-9-16-11(18)13(17,2)3/h15H,4-10H2,1-3H3,(H,16,18). The minimum Gasteiger partial charge on any atom is -0.352 e. The zero-order chi connectivity index (χ0) is 14.1. The Morgan fingerprint density at radius 1 is 1.26 bits per heavy atom. The molecule has 2 aliphatic heterocycles. The van der Waals surface area contributed by atoms with E-state index < -0.39 is 5.54 Å². The number of piperazine rings is 1. The summed E-state index contributed by atoms with van der Waals surface area (Å²) < 4.78 is 0. The number of amides is 2. The van der Waals surface area contributed by atoms with Crippen molar-refractivity contribution in [2.75, 3.05) is 26.2 Å². The van der Waals surface area contributed by atoms with Crippen molar-refractivity contribution < 1.29 is 9.59 Å². The minimum atomic E-state index is -0.734. The van der Waals surface area contributed by atoms with Gasteiger partial charge in [-0.2, -0.15) is 0 Å². The predicted octanol–water partition coefficient (Wildman–Crippen LogP) is 0.503. The Labute approximate surface area is 115 Å². The number of hydrogen-bond acceptors (Lipinski definition) is 3. The van der Waals surface area contributed by atoms with Crippen LogP contribution in [0.2, 0.25) is 0 Å². The van der Waals surface area contributed by atoms with E-state index in [1.165, 1.54) is 0 Å². The quantitative estimate of drug-likeness (QED) is 0.766. The monoisotopic (exact) mass is 267 g/mol. The van der Waals surface area contributed by atoms with Gasteiger partial charge in [0.25, 0.3) is 0 Å². The van der Waals surface area contributed by atoms with Gasteiger partial charge in [-0.25, -0.2) is 0 Å². The van der Waals surface area contributed by atoms with Gasteiger partial charge in [0.15, 0.2) is 0 Å². The van der Waals surface area contributed by atoms with Crippen molar-refractivity contribution in [2.45, 2.75) is 45.6 Å². The molecule has 2 rings (SSSR count). The highest BCUT2D eigenvalue weighted by Gasteiger charge is 2.48. The Morgan fingerprint density at radius 3 is 2.47 bits per heavy atom. The molecule has 0 unspecified atom stereocenters. The van der Waals surface area contributed by atoms with E-state index in [1.54, 1.807) is 4.90 Å². The topological polar surface area (TPSA) is 61.4 Å². The van der Waals surface area contributed by atoms with Crippen LogP contribution < -0.4 is 10.6 Å². The summed E-state index contributed by atoms with van der Waals surface area (Å²) >= 11 is 0. The lowest BCUT2D eigenvalue weighted by Gasteiger charge is -2.47.